The quantitative estimate of drug-likeness (QED) is 0.830. The summed E-state index contributed by atoms with van der Waals surface area (Å²) in [6, 6.07) is 0.257. The van der Waals surface area contributed by atoms with Crippen molar-refractivity contribution in [3.63, 3.8) is 0 Å². The van der Waals surface area contributed by atoms with Gasteiger partial charge in [0.25, 0.3) is 0 Å². The normalized spacial score (nSPS) is 38.0. The molecule has 108 valence electrons. The van der Waals surface area contributed by atoms with E-state index >= 15 is 0 Å². The molecule has 1 spiro atoms. The molecule has 2 aliphatic heterocycles. The lowest BCUT2D eigenvalue weighted by molar-refractivity contribution is -0.136. The number of nitrogens with one attached hydrogen (secondary N) is 1. The number of ether oxygens (including phenoxy) is 1. The van der Waals surface area contributed by atoms with Gasteiger partial charge in [-0.15, -0.1) is 0 Å². The molecule has 3 rings (SSSR count). The summed E-state index contributed by atoms with van der Waals surface area (Å²) in [6.45, 7) is 7.29. The third kappa shape index (κ3) is 2.00. The molecular formula is C15H26N2O2. The van der Waals surface area contributed by atoms with Gasteiger partial charge in [0.05, 0.1) is 23.9 Å². The average molecular weight is 266 g/mol. The predicted octanol–water partition coefficient (Wildman–Crippen LogP) is 1.89. The van der Waals surface area contributed by atoms with Gasteiger partial charge in [-0.25, -0.2) is 0 Å². The third-order valence-electron chi connectivity index (χ3n) is 5.15. The summed E-state index contributed by atoms with van der Waals surface area (Å²) in [7, 11) is 0. The van der Waals surface area contributed by atoms with Crippen LogP contribution in [0.5, 0.6) is 0 Å². The van der Waals surface area contributed by atoms with Crippen LogP contribution in [-0.4, -0.2) is 41.3 Å². The van der Waals surface area contributed by atoms with Gasteiger partial charge in [0, 0.05) is 6.61 Å². The minimum atomic E-state index is -0.253. The van der Waals surface area contributed by atoms with Crippen molar-refractivity contribution >= 4 is 5.91 Å². The summed E-state index contributed by atoms with van der Waals surface area (Å²) in [5.41, 5.74) is -0.253. The van der Waals surface area contributed by atoms with Crippen LogP contribution < -0.4 is 5.32 Å². The Morgan fingerprint density at radius 2 is 2.05 bits per heavy atom. The zero-order valence-corrected chi connectivity index (χ0v) is 12.3. The van der Waals surface area contributed by atoms with Crippen LogP contribution in [0, 0.1) is 5.92 Å². The minimum absolute atomic E-state index is 0.170. The number of amides is 1. The molecule has 3 aliphatic rings. The highest BCUT2D eigenvalue weighted by molar-refractivity contribution is 5.89. The fourth-order valence-electron chi connectivity index (χ4n) is 4.06. The summed E-state index contributed by atoms with van der Waals surface area (Å²) in [6.07, 6.45) is 5.69. The van der Waals surface area contributed by atoms with Crippen LogP contribution >= 0.6 is 0 Å². The molecule has 0 aromatic rings. The molecule has 3 fully saturated rings. The van der Waals surface area contributed by atoms with Crippen molar-refractivity contribution < 1.29 is 9.53 Å². The van der Waals surface area contributed by atoms with Crippen LogP contribution in [0.25, 0.3) is 0 Å². The number of hydrogen-bond donors (Lipinski definition) is 1. The minimum Gasteiger partial charge on any atom is -0.376 e. The lowest BCUT2D eigenvalue weighted by Crippen LogP contribution is -2.49. The molecule has 4 heteroatoms. The molecule has 1 N–H and O–H groups in total. The molecule has 1 saturated carbocycles. The summed E-state index contributed by atoms with van der Waals surface area (Å²) < 4.78 is 5.68. The number of nitrogens with zero attached hydrogens (tertiary/aromatic N) is 1. The molecular weight excluding hydrogens is 240 g/mol. The Kier molecular flexibility index (Phi) is 3.34. The monoisotopic (exact) mass is 266 g/mol. The van der Waals surface area contributed by atoms with Crippen LogP contribution in [0.15, 0.2) is 0 Å². The molecule has 0 radical (unpaired) electrons. The molecule has 0 bridgehead atoms. The third-order valence-corrected chi connectivity index (χ3v) is 5.15. The number of carbonyl (C=O) groups is 1. The second-order valence-electron chi connectivity index (χ2n) is 6.77. The Balaban J connectivity index is 1.89. The van der Waals surface area contributed by atoms with Gasteiger partial charge in [0.2, 0.25) is 5.91 Å². The van der Waals surface area contributed by atoms with E-state index in [2.05, 4.69) is 31.0 Å². The van der Waals surface area contributed by atoms with Crippen molar-refractivity contribution in [1.29, 1.82) is 0 Å². The number of hydrogen-bond acceptors (Lipinski definition) is 3. The Morgan fingerprint density at radius 1 is 1.37 bits per heavy atom. The Morgan fingerprint density at radius 3 is 2.58 bits per heavy atom. The first-order valence-corrected chi connectivity index (χ1v) is 7.77. The van der Waals surface area contributed by atoms with Crippen molar-refractivity contribution in [2.75, 3.05) is 6.61 Å². The highest BCUT2D eigenvalue weighted by Gasteiger charge is 2.55. The van der Waals surface area contributed by atoms with Gasteiger partial charge in [-0.3, -0.25) is 10.1 Å². The van der Waals surface area contributed by atoms with Gasteiger partial charge in [0.15, 0.2) is 0 Å². The van der Waals surface area contributed by atoms with Gasteiger partial charge < -0.3 is 9.64 Å². The second-order valence-corrected chi connectivity index (χ2v) is 6.77. The zero-order chi connectivity index (χ0) is 13.6. The van der Waals surface area contributed by atoms with E-state index in [9.17, 15) is 4.79 Å². The van der Waals surface area contributed by atoms with E-state index in [1.54, 1.807) is 0 Å². The van der Waals surface area contributed by atoms with Gasteiger partial charge in [0.1, 0.15) is 0 Å². The second kappa shape index (κ2) is 4.74. The molecule has 0 aromatic heterocycles. The average Bonchev–Trinajstić information content (AvgIpc) is 3.04. The summed E-state index contributed by atoms with van der Waals surface area (Å²) >= 11 is 0. The molecule has 0 aromatic carbocycles. The maximum Gasteiger partial charge on any atom is 0.244 e. The molecule has 3 unspecified atom stereocenters. The van der Waals surface area contributed by atoms with Crippen molar-refractivity contribution in [2.45, 2.75) is 76.7 Å². The molecule has 2 saturated heterocycles. The molecule has 19 heavy (non-hydrogen) atoms. The van der Waals surface area contributed by atoms with E-state index < -0.39 is 0 Å². The van der Waals surface area contributed by atoms with E-state index in [1.807, 2.05) is 0 Å². The van der Waals surface area contributed by atoms with Crippen molar-refractivity contribution in [2.24, 2.45) is 5.92 Å². The first-order chi connectivity index (χ1) is 9.05. The smallest absolute Gasteiger partial charge is 0.244 e. The van der Waals surface area contributed by atoms with Gasteiger partial charge >= 0.3 is 0 Å². The van der Waals surface area contributed by atoms with E-state index in [0.717, 1.165) is 25.9 Å². The topological polar surface area (TPSA) is 41.6 Å². The molecule has 3 atom stereocenters. The van der Waals surface area contributed by atoms with Gasteiger partial charge in [-0.2, -0.15) is 0 Å². The van der Waals surface area contributed by atoms with E-state index in [1.165, 1.54) is 12.8 Å². The fraction of sp³-hybridized carbons (Fsp3) is 0.933. The Bertz CT molecular complexity index is 363. The predicted molar refractivity (Wildman–Crippen MR) is 73.6 cm³/mol. The molecule has 2 heterocycles. The zero-order valence-electron chi connectivity index (χ0n) is 12.3. The highest BCUT2D eigenvalue weighted by atomic mass is 16.5. The van der Waals surface area contributed by atoms with Gasteiger partial charge in [-0.1, -0.05) is 26.7 Å². The van der Waals surface area contributed by atoms with Crippen molar-refractivity contribution in [1.82, 2.24) is 10.2 Å². The Hall–Kier alpha value is -0.610. The highest BCUT2D eigenvalue weighted by Crippen LogP contribution is 2.40. The molecule has 4 nitrogen and oxygen atoms in total. The van der Waals surface area contributed by atoms with Crippen molar-refractivity contribution in [3.8, 4) is 0 Å². The van der Waals surface area contributed by atoms with Crippen LogP contribution in [0.2, 0.25) is 0 Å². The number of carbonyl (C=O) groups excluding carboxylic acids is 1. The van der Waals surface area contributed by atoms with Crippen LogP contribution in [0.3, 0.4) is 0 Å². The maximum atomic E-state index is 13.0. The Labute approximate surface area is 115 Å². The van der Waals surface area contributed by atoms with E-state index in [-0.39, 0.29) is 23.9 Å². The lowest BCUT2D eigenvalue weighted by atomic mass is 9.97. The van der Waals surface area contributed by atoms with Crippen LogP contribution in [-0.2, 0) is 9.53 Å². The van der Waals surface area contributed by atoms with Crippen molar-refractivity contribution in [3.05, 3.63) is 0 Å². The van der Waals surface area contributed by atoms with Crippen LogP contribution in [0.1, 0.15) is 52.9 Å². The fourth-order valence-corrected chi connectivity index (χ4v) is 4.06. The first-order valence-electron chi connectivity index (χ1n) is 7.77. The summed E-state index contributed by atoms with van der Waals surface area (Å²) in [5, 5.41) is 3.68. The lowest BCUT2D eigenvalue weighted by Gasteiger charge is -2.33. The molecule has 1 amide bonds. The SMILES string of the molecule is CC(C)C1NC2(CCCC2)C(=O)N1C1CCOC1C. The van der Waals surface area contributed by atoms with E-state index in [0.29, 0.717) is 11.8 Å². The van der Waals surface area contributed by atoms with Gasteiger partial charge in [-0.05, 0) is 32.1 Å². The largest absolute Gasteiger partial charge is 0.376 e. The summed E-state index contributed by atoms with van der Waals surface area (Å²) in [5.74, 6) is 0.780. The first kappa shape index (κ1) is 13.4. The number of rotatable bonds is 2. The van der Waals surface area contributed by atoms with Crippen LogP contribution in [0.4, 0.5) is 0 Å². The standard InChI is InChI=1S/C15H26N2O2/c1-10(2)13-16-15(7-4-5-8-15)14(18)17(13)12-6-9-19-11(12)3/h10-13,16H,4-9H2,1-3H3. The van der Waals surface area contributed by atoms with E-state index in [4.69, 9.17) is 4.74 Å². The molecule has 1 aliphatic carbocycles. The maximum absolute atomic E-state index is 13.0. The summed E-state index contributed by atoms with van der Waals surface area (Å²) in [4.78, 5) is 15.1.